The maximum atomic E-state index is 12.2. The number of aromatic nitrogens is 1. The lowest BCUT2D eigenvalue weighted by Gasteiger charge is -2.06. The van der Waals surface area contributed by atoms with E-state index in [1.54, 1.807) is 31.4 Å². The van der Waals surface area contributed by atoms with Gasteiger partial charge in [0.1, 0.15) is 10.6 Å². The van der Waals surface area contributed by atoms with Crippen LogP contribution in [-0.2, 0) is 9.53 Å². The van der Waals surface area contributed by atoms with Crippen molar-refractivity contribution < 1.29 is 18.7 Å². The number of benzene rings is 1. The summed E-state index contributed by atoms with van der Waals surface area (Å²) < 4.78 is 10.6. The number of nitrogens with zero attached hydrogens (tertiary/aromatic N) is 2. The number of hydrogen-bond acceptors (Lipinski definition) is 7. The van der Waals surface area contributed by atoms with Crippen LogP contribution in [-0.4, -0.2) is 23.3 Å². The third-order valence-corrected chi connectivity index (χ3v) is 4.74. The van der Waals surface area contributed by atoms with Crippen molar-refractivity contribution in [2.75, 3.05) is 6.61 Å². The zero-order chi connectivity index (χ0) is 18.0. The van der Waals surface area contributed by atoms with Gasteiger partial charge >= 0.3 is 5.97 Å². The lowest BCUT2D eigenvalue weighted by atomic mass is 10.1. The second-order valence-electron chi connectivity index (χ2n) is 5.48. The minimum absolute atomic E-state index is 0.0626. The fraction of sp³-hybridized carbons (Fsp3) is 0.222. The summed E-state index contributed by atoms with van der Waals surface area (Å²) in [6.07, 6.45) is 0. The molecule has 0 fully saturated rings. The first-order valence-corrected chi connectivity index (χ1v) is 8.39. The number of furan rings is 1. The van der Waals surface area contributed by atoms with Crippen molar-refractivity contribution in [2.24, 2.45) is 0 Å². The van der Waals surface area contributed by atoms with Gasteiger partial charge in [0.25, 0.3) is 0 Å². The number of carbonyl (C=O) groups excluding carboxylic acids is 2. The topological polar surface area (TPSA) is 93.2 Å². The van der Waals surface area contributed by atoms with E-state index in [-0.39, 0.29) is 5.76 Å². The molecule has 1 aromatic carbocycles. The molecule has 0 N–H and O–H groups in total. The van der Waals surface area contributed by atoms with Crippen molar-refractivity contribution >= 4 is 34.1 Å². The summed E-state index contributed by atoms with van der Waals surface area (Å²) in [5, 5.41) is 12.2. The molecule has 1 atom stereocenters. The SMILES string of the molecule is Cc1csc([C@@H](C#N)C(=O)COC(=O)c2oc3ccccc3c2C)n1. The highest BCUT2D eigenvalue weighted by molar-refractivity contribution is 7.09. The fourth-order valence-electron chi connectivity index (χ4n) is 2.42. The highest BCUT2D eigenvalue weighted by Gasteiger charge is 2.26. The number of ketones is 1. The molecule has 3 aromatic rings. The van der Waals surface area contributed by atoms with Crippen LogP contribution in [0.3, 0.4) is 0 Å². The average Bonchev–Trinajstić information content (AvgIpc) is 3.18. The second kappa shape index (κ2) is 6.87. The van der Waals surface area contributed by atoms with E-state index in [0.717, 1.165) is 11.1 Å². The summed E-state index contributed by atoms with van der Waals surface area (Å²) in [5.74, 6) is -2.22. The van der Waals surface area contributed by atoms with Crippen molar-refractivity contribution in [2.45, 2.75) is 19.8 Å². The maximum Gasteiger partial charge on any atom is 0.374 e. The van der Waals surface area contributed by atoms with Gasteiger partial charge in [0, 0.05) is 22.0 Å². The molecule has 0 saturated carbocycles. The molecule has 25 heavy (non-hydrogen) atoms. The average molecular weight is 354 g/mol. The Labute approximate surface area is 147 Å². The summed E-state index contributed by atoms with van der Waals surface area (Å²) in [5.41, 5.74) is 1.97. The predicted octanol–water partition coefficient (Wildman–Crippen LogP) is 3.54. The summed E-state index contributed by atoms with van der Waals surface area (Å²) >= 11 is 1.23. The second-order valence-corrected chi connectivity index (χ2v) is 6.37. The Kier molecular flexibility index (Phi) is 4.63. The normalized spacial score (nSPS) is 11.9. The van der Waals surface area contributed by atoms with Crippen molar-refractivity contribution in [1.82, 2.24) is 4.98 Å². The van der Waals surface area contributed by atoms with Crippen LogP contribution in [0.4, 0.5) is 0 Å². The number of Topliss-reactive ketones (excluding diaryl/α,β-unsaturated/α-hetero) is 1. The van der Waals surface area contributed by atoms with Crippen LogP contribution in [0, 0.1) is 25.2 Å². The molecule has 0 radical (unpaired) electrons. The molecular formula is C18H14N2O4S. The number of esters is 1. The van der Waals surface area contributed by atoms with Crippen LogP contribution in [0.5, 0.6) is 0 Å². The number of rotatable bonds is 5. The molecule has 0 saturated heterocycles. The Bertz CT molecular complexity index is 996. The number of aryl methyl sites for hydroxylation is 2. The van der Waals surface area contributed by atoms with Crippen molar-refractivity contribution in [1.29, 1.82) is 5.26 Å². The van der Waals surface area contributed by atoms with Gasteiger partial charge in [-0.3, -0.25) is 4.79 Å². The molecule has 3 rings (SSSR count). The smallest absolute Gasteiger partial charge is 0.374 e. The van der Waals surface area contributed by atoms with Crippen LogP contribution >= 0.6 is 11.3 Å². The lowest BCUT2D eigenvalue weighted by Crippen LogP contribution is -2.20. The summed E-state index contributed by atoms with van der Waals surface area (Å²) in [7, 11) is 0. The van der Waals surface area contributed by atoms with Gasteiger partial charge in [0.15, 0.2) is 18.3 Å². The first-order chi connectivity index (χ1) is 12.0. The quantitative estimate of drug-likeness (QED) is 0.651. The predicted molar refractivity (Wildman–Crippen MR) is 91.4 cm³/mol. The molecule has 126 valence electrons. The van der Waals surface area contributed by atoms with Gasteiger partial charge in [-0.25, -0.2) is 9.78 Å². The van der Waals surface area contributed by atoms with Gasteiger partial charge in [-0.15, -0.1) is 11.3 Å². The van der Waals surface area contributed by atoms with E-state index in [9.17, 15) is 14.9 Å². The molecule has 0 amide bonds. The first kappa shape index (κ1) is 16.9. The third-order valence-electron chi connectivity index (χ3n) is 3.71. The first-order valence-electron chi connectivity index (χ1n) is 7.51. The van der Waals surface area contributed by atoms with E-state index in [4.69, 9.17) is 9.15 Å². The van der Waals surface area contributed by atoms with Gasteiger partial charge in [0.2, 0.25) is 5.76 Å². The van der Waals surface area contributed by atoms with E-state index in [1.165, 1.54) is 11.3 Å². The van der Waals surface area contributed by atoms with Gasteiger partial charge in [0.05, 0.1) is 6.07 Å². The number of fused-ring (bicyclic) bond motifs is 1. The molecule has 0 aliphatic carbocycles. The number of nitriles is 1. The molecule has 2 heterocycles. The zero-order valence-electron chi connectivity index (χ0n) is 13.6. The van der Waals surface area contributed by atoms with E-state index >= 15 is 0 Å². The van der Waals surface area contributed by atoms with Crippen molar-refractivity contribution in [3.05, 3.63) is 51.7 Å². The number of carbonyl (C=O) groups is 2. The summed E-state index contributed by atoms with van der Waals surface area (Å²) in [4.78, 5) is 28.6. The Morgan fingerprint density at radius 3 is 2.76 bits per heavy atom. The van der Waals surface area contributed by atoms with Crippen molar-refractivity contribution in [3.63, 3.8) is 0 Å². The Balaban J connectivity index is 1.71. The molecule has 0 aliphatic heterocycles. The minimum atomic E-state index is -1.04. The summed E-state index contributed by atoms with van der Waals surface area (Å²) in [6.45, 7) is 3.02. The highest BCUT2D eigenvalue weighted by atomic mass is 32.1. The van der Waals surface area contributed by atoms with Crippen LogP contribution in [0.25, 0.3) is 11.0 Å². The molecule has 0 unspecified atom stereocenters. The molecular weight excluding hydrogens is 340 g/mol. The molecule has 0 spiro atoms. The molecule has 7 heteroatoms. The van der Waals surface area contributed by atoms with E-state index < -0.39 is 24.3 Å². The zero-order valence-corrected chi connectivity index (χ0v) is 14.4. The molecule has 0 bridgehead atoms. The van der Waals surface area contributed by atoms with Crippen LogP contribution in [0.15, 0.2) is 34.1 Å². The van der Waals surface area contributed by atoms with Gasteiger partial charge in [-0.2, -0.15) is 5.26 Å². The largest absolute Gasteiger partial charge is 0.452 e. The molecule has 0 aliphatic rings. The molecule has 2 aromatic heterocycles. The molecule has 6 nitrogen and oxygen atoms in total. The minimum Gasteiger partial charge on any atom is -0.452 e. The monoisotopic (exact) mass is 354 g/mol. The number of ether oxygens (including phenoxy) is 1. The van der Waals surface area contributed by atoms with Gasteiger partial charge in [-0.1, -0.05) is 18.2 Å². The maximum absolute atomic E-state index is 12.2. The summed E-state index contributed by atoms with van der Waals surface area (Å²) in [6, 6.07) is 9.15. The highest BCUT2D eigenvalue weighted by Crippen LogP contribution is 2.26. The van der Waals surface area contributed by atoms with Crippen LogP contribution in [0.2, 0.25) is 0 Å². The van der Waals surface area contributed by atoms with Crippen molar-refractivity contribution in [3.8, 4) is 6.07 Å². The van der Waals surface area contributed by atoms with E-state index in [1.807, 2.05) is 18.2 Å². The van der Waals surface area contributed by atoms with Crippen LogP contribution < -0.4 is 0 Å². The van der Waals surface area contributed by atoms with Crippen LogP contribution in [0.1, 0.15) is 32.7 Å². The number of para-hydroxylation sites is 1. The lowest BCUT2D eigenvalue weighted by molar-refractivity contribution is -0.122. The third kappa shape index (κ3) is 3.30. The Morgan fingerprint density at radius 2 is 2.12 bits per heavy atom. The van der Waals surface area contributed by atoms with Gasteiger partial charge in [-0.05, 0) is 19.9 Å². The van der Waals surface area contributed by atoms with E-state index in [2.05, 4.69) is 4.98 Å². The fourth-order valence-corrected chi connectivity index (χ4v) is 3.29. The van der Waals surface area contributed by atoms with Gasteiger partial charge < -0.3 is 9.15 Å². The number of thiazole rings is 1. The Hall–Kier alpha value is -2.98. The number of hydrogen-bond donors (Lipinski definition) is 0. The van der Waals surface area contributed by atoms with E-state index in [0.29, 0.717) is 16.2 Å². The Morgan fingerprint density at radius 1 is 1.36 bits per heavy atom. The standard InChI is InChI=1S/C18H14N2O4S/c1-10-9-25-17(20-10)13(7-19)14(21)8-23-18(22)16-11(2)12-5-3-4-6-15(12)24-16/h3-6,9,13H,8H2,1-2H3/t13-/m0/s1.